The Morgan fingerprint density at radius 3 is 0.905 bits per heavy atom. The van der Waals surface area contributed by atoms with Gasteiger partial charge < -0.3 is 28.4 Å². The van der Waals surface area contributed by atoms with E-state index >= 15 is 0 Å². The highest BCUT2D eigenvalue weighted by molar-refractivity contribution is 5.91. The third-order valence-electron chi connectivity index (χ3n) is 10.6. The van der Waals surface area contributed by atoms with Crippen molar-refractivity contribution in [2.24, 2.45) is 23.2 Å². The predicted molar refractivity (Wildman–Crippen MR) is 241 cm³/mol. The van der Waals surface area contributed by atoms with Crippen LogP contribution < -0.4 is 0 Å². The van der Waals surface area contributed by atoms with Crippen LogP contribution in [0.5, 0.6) is 0 Å². The number of ether oxygens (including phenoxy) is 6. The molecule has 0 aliphatic carbocycles. The maximum atomic E-state index is 13.4. The number of hydrogen-bond acceptors (Lipinski definition) is 12. The minimum absolute atomic E-state index is 0.166. The van der Waals surface area contributed by atoms with Gasteiger partial charge in [-0.25, -0.2) is 14.4 Å². The van der Waals surface area contributed by atoms with Gasteiger partial charge in [0.1, 0.15) is 38.1 Å². The van der Waals surface area contributed by atoms with E-state index in [0.717, 1.165) is 16.7 Å². The number of hydrogen-bond donors (Lipinski definition) is 0. The zero-order valence-corrected chi connectivity index (χ0v) is 37.6. The maximum Gasteiger partial charge on any atom is 0.338 e. The van der Waals surface area contributed by atoms with E-state index in [4.69, 9.17) is 28.4 Å². The molecule has 0 amide bonds. The first-order valence-corrected chi connectivity index (χ1v) is 21.2. The smallest absolute Gasteiger partial charge is 0.338 e. The van der Waals surface area contributed by atoms with Crippen LogP contribution in [0.15, 0.2) is 92.5 Å². The standard InChI is InChI=1S/C51H62O12/c1-11-39-15-21-42(22-16-39)48(55)61-36(8)27-33(5)45(52)58-30-51(14-4,31-59-46(53)34(6)28-37(9)62-49(56)43-23-17-40(12-2)18-24-43)32-60-47(54)35(7)29-38(10)63-50(57)44-25-19-41(13-3)20-26-44/h11-13,15-26,33-38H,1-3,14,27-32H2,4-10H3. The van der Waals surface area contributed by atoms with Gasteiger partial charge in [0.2, 0.25) is 0 Å². The van der Waals surface area contributed by atoms with Gasteiger partial charge >= 0.3 is 35.8 Å². The summed E-state index contributed by atoms with van der Waals surface area (Å²) >= 11 is 0. The highest BCUT2D eigenvalue weighted by atomic mass is 16.6. The Bertz CT molecular complexity index is 1800. The van der Waals surface area contributed by atoms with Gasteiger partial charge in [-0.3, -0.25) is 14.4 Å². The number of esters is 6. The van der Waals surface area contributed by atoms with Crippen LogP contribution >= 0.6 is 0 Å². The van der Waals surface area contributed by atoms with Gasteiger partial charge in [0.25, 0.3) is 0 Å². The van der Waals surface area contributed by atoms with Crippen molar-refractivity contribution in [3.05, 3.63) is 126 Å². The topological polar surface area (TPSA) is 158 Å². The summed E-state index contributed by atoms with van der Waals surface area (Å²) in [7, 11) is 0. The summed E-state index contributed by atoms with van der Waals surface area (Å²) in [6.45, 7) is 22.1. The van der Waals surface area contributed by atoms with Crippen molar-refractivity contribution in [2.45, 2.75) is 92.5 Å². The lowest BCUT2D eigenvalue weighted by atomic mass is 9.87. The monoisotopic (exact) mass is 866 g/mol. The van der Waals surface area contributed by atoms with E-state index in [0.29, 0.717) is 16.7 Å². The Morgan fingerprint density at radius 2 is 0.698 bits per heavy atom. The Hall–Kier alpha value is -6.30. The van der Waals surface area contributed by atoms with E-state index in [1.54, 1.807) is 139 Å². The summed E-state index contributed by atoms with van der Waals surface area (Å²) in [6, 6.07) is 20.3. The van der Waals surface area contributed by atoms with Crippen LogP contribution in [0.1, 0.15) is 122 Å². The minimum atomic E-state index is -1.15. The van der Waals surface area contributed by atoms with Crippen molar-refractivity contribution in [1.29, 1.82) is 0 Å². The van der Waals surface area contributed by atoms with E-state index in [1.165, 1.54) is 0 Å². The molecule has 0 fully saturated rings. The Morgan fingerprint density at radius 1 is 0.460 bits per heavy atom. The van der Waals surface area contributed by atoms with Crippen molar-refractivity contribution in [3.8, 4) is 0 Å². The van der Waals surface area contributed by atoms with E-state index in [1.807, 2.05) is 0 Å². The molecule has 0 bridgehead atoms. The summed E-state index contributed by atoms with van der Waals surface area (Å²) in [4.78, 5) is 78.3. The fraction of sp³-hybridized carbons (Fsp3) is 0.412. The van der Waals surface area contributed by atoms with Crippen molar-refractivity contribution < 1.29 is 57.2 Å². The Labute approximate surface area is 371 Å². The molecule has 0 aliphatic rings. The summed E-state index contributed by atoms with van der Waals surface area (Å²) in [5, 5.41) is 0. The normalized spacial score (nSPS) is 14.7. The molecule has 0 aromatic heterocycles. The number of carbonyl (C=O) groups is 6. The van der Waals surface area contributed by atoms with Gasteiger partial charge in [0.15, 0.2) is 0 Å². The minimum Gasteiger partial charge on any atom is -0.465 e. The van der Waals surface area contributed by atoms with E-state index < -0.39 is 77.3 Å². The van der Waals surface area contributed by atoms with Crippen molar-refractivity contribution in [2.75, 3.05) is 19.8 Å². The first-order chi connectivity index (χ1) is 29.9. The molecule has 338 valence electrons. The molecule has 0 spiro atoms. The zero-order valence-electron chi connectivity index (χ0n) is 37.6. The number of rotatable bonds is 25. The van der Waals surface area contributed by atoms with Crippen molar-refractivity contribution in [1.82, 2.24) is 0 Å². The van der Waals surface area contributed by atoms with E-state index in [2.05, 4.69) is 19.7 Å². The highest BCUT2D eigenvalue weighted by Crippen LogP contribution is 2.28. The molecular weight excluding hydrogens is 805 g/mol. The van der Waals surface area contributed by atoms with Gasteiger partial charge in [-0.2, -0.15) is 0 Å². The van der Waals surface area contributed by atoms with Crippen LogP contribution in [0.3, 0.4) is 0 Å². The van der Waals surface area contributed by atoms with Crippen LogP contribution in [-0.2, 0) is 42.8 Å². The molecule has 0 N–H and O–H groups in total. The van der Waals surface area contributed by atoms with Gasteiger partial charge in [-0.1, -0.05) is 102 Å². The summed E-state index contributed by atoms with van der Waals surface area (Å²) < 4.78 is 34.1. The van der Waals surface area contributed by atoms with E-state index in [9.17, 15) is 28.8 Å². The van der Waals surface area contributed by atoms with Crippen LogP contribution in [-0.4, -0.2) is 73.9 Å². The average molecular weight is 867 g/mol. The fourth-order valence-corrected chi connectivity index (χ4v) is 6.48. The molecule has 0 heterocycles. The molecule has 0 saturated carbocycles. The largest absolute Gasteiger partial charge is 0.465 e. The molecule has 63 heavy (non-hydrogen) atoms. The second-order valence-corrected chi connectivity index (χ2v) is 16.2. The second-order valence-electron chi connectivity index (χ2n) is 16.2. The summed E-state index contributed by atoms with van der Waals surface area (Å²) in [5.74, 6) is -5.44. The highest BCUT2D eigenvalue weighted by Gasteiger charge is 2.37. The van der Waals surface area contributed by atoms with Crippen LogP contribution in [0.2, 0.25) is 0 Å². The Balaban J connectivity index is 1.65. The van der Waals surface area contributed by atoms with Gasteiger partial charge in [-0.05, 0) is 99.5 Å². The SMILES string of the molecule is C=Cc1ccc(C(=O)OC(C)CC(C)C(=O)OCC(CC)(COC(=O)C(C)CC(C)OC(=O)c2ccc(C=C)cc2)COC(=O)C(C)CC(C)OC(=O)c2ccc(C=C)cc2)cc1. The predicted octanol–water partition coefficient (Wildman–Crippen LogP) is 9.76. The van der Waals surface area contributed by atoms with Gasteiger partial charge in [0.05, 0.1) is 39.9 Å². The third kappa shape index (κ3) is 16.5. The maximum absolute atomic E-state index is 13.4. The van der Waals surface area contributed by atoms with E-state index in [-0.39, 0.29) is 45.5 Å². The molecule has 0 saturated heterocycles. The van der Waals surface area contributed by atoms with Crippen LogP contribution in [0, 0.1) is 23.2 Å². The molecule has 12 heteroatoms. The number of carbonyl (C=O) groups excluding carboxylic acids is 6. The molecule has 12 nitrogen and oxygen atoms in total. The number of benzene rings is 3. The van der Waals surface area contributed by atoms with Gasteiger partial charge in [-0.15, -0.1) is 0 Å². The van der Waals surface area contributed by atoms with Gasteiger partial charge in [0, 0.05) is 0 Å². The fourth-order valence-electron chi connectivity index (χ4n) is 6.48. The molecule has 6 unspecified atom stereocenters. The lowest BCUT2D eigenvalue weighted by molar-refractivity contribution is -0.168. The van der Waals surface area contributed by atoms with Crippen LogP contribution in [0.25, 0.3) is 18.2 Å². The lowest BCUT2D eigenvalue weighted by Gasteiger charge is -2.32. The van der Waals surface area contributed by atoms with Crippen LogP contribution in [0.4, 0.5) is 0 Å². The summed E-state index contributed by atoms with van der Waals surface area (Å²) in [6.07, 6.45) is 3.88. The molecule has 3 aromatic carbocycles. The molecule has 0 radical (unpaired) electrons. The average Bonchev–Trinajstić information content (AvgIpc) is 3.28. The van der Waals surface area contributed by atoms with Crippen molar-refractivity contribution in [3.63, 3.8) is 0 Å². The molecule has 6 atom stereocenters. The molecular formula is C51H62O12. The second kappa shape index (κ2) is 25.0. The van der Waals surface area contributed by atoms with Crippen molar-refractivity contribution >= 4 is 54.0 Å². The molecule has 3 aromatic rings. The lowest BCUT2D eigenvalue weighted by Crippen LogP contribution is -2.41. The molecule has 3 rings (SSSR count). The molecule has 0 aliphatic heterocycles. The third-order valence-corrected chi connectivity index (χ3v) is 10.6. The first-order valence-electron chi connectivity index (χ1n) is 21.2. The Kier molecular flexibility index (Phi) is 20.2. The summed E-state index contributed by atoms with van der Waals surface area (Å²) in [5.41, 5.74) is 2.49. The zero-order chi connectivity index (χ0) is 46.7. The first kappa shape index (κ1) is 51.1. The quantitative estimate of drug-likeness (QED) is 0.0587.